The summed E-state index contributed by atoms with van der Waals surface area (Å²) in [5.74, 6) is -0.331. The third kappa shape index (κ3) is 1.78. The molecule has 2 rings (SSSR count). The molecule has 0 amide bonds. The molecule has 2 aromatic rings. The molecule has 0 bridgehead atoms. The Bertz CT molecular complexity index is 723. The van der Waals surface area contributed by atoms with E-state index in [9.17, 15) is 0 Å². The molecule has 0 fully saturated rings. The molecule has 0 aliphatic heterocycles. The molecule has 0 radical (unpaired) electrons. The number of rotatable bonds is 1. The third-order valence-corrected chi connectivity index (χ3v) is 1.60. The molecule has 0 aromatic carbocycles. The van der Waals surface area contributed by atoms with E-state index in [4.69, 9.17) is 11.0 Å². The Morgan fingerprint density at radius 3 is 3.23 bits per heavy atom. The SMILES string of the molecule is [2H]c1nc(-n2nc([2H])c(C([2H])([2H])[2H])c2[2H])c([2H])c([2H])c1Br. The van der Waals surface area contributed by atoms with Gasteiger partial charge in [-0.25, -0.2) is 9.67 Å². The molecule has 13 heavy (non-hydrogen) atoms. The zero-order valence-electron chi connectivity index (χ0n) is 14.2. The minimum absolute atomic E-state index is 0.0112. The molecule has 66 valence electrons. The molecule has 0 N–H and O–H groups in total. The fourth-order valence-electron chi connectivity index (χ4n) is 0.725. The largest absolute Gasteiger partial charge is 0.236 e. The second-order valence-corrected chi connectivity index (χ2v) is 2.91. The van der Waals surface area contributed by atoms with E-state index in [1.807, 2.05) is 0 Å². The van der Waals surface area contributed by atoms with Gasteiger partial charge in [0.25, 0.3) is 0 Å². The van der Waals surface area contributed by atoms with Gasteiger partial charge in [0.05, 0.1) is 13.0 Å². The van der Waals surface area contributed by atoms with Crippen molar-refractivity contribution in [3.63, 3.8) is 0 Å². The Balaban J connectivity index is 2.76. The van der Waals surface area contributed by atoms with Gasteiger partial charge in [0.1, 0.15) is 0 Å². The van der Waals surface area contributed by atoms with E-state index in [1.165, 1.54) is 0 Å². The van der Waals surface area contributed by atoms with E-state index in [0.717, 1.165) is 0 Å². The van der Waals surface area contributed by atoms with Crippen LogP contribution in [0.3, 0.4) is 0 Å². The molecule has 0 spiro atoms. The lowest BCUT2D eigenvalue weighted by Gasteiger charge is -1.98. The van der Waals surface area contributed by atoms with Crippen LogP contribution >= 0.6 is 15.9 Å². The average Bonchev–Trinajstić information content (AvgIpc) is 2.66. The first-order valence-corrected chi connectivity index (χ1v) is 4.05. The Labute approximate surface area is 95.8 Å². The lowest BCUT2D eigenvalue weighted by atomic mass is 10.4. The van der Waals surface area contributed by atoms with Crippen molar-refractivity contribution in [2.45, 2.75) is 6.85 Å². The van der Waals surface area contributed by atoms with Crippen LogP contribution in [0, 0.1) is 6.85 Å². The van der Waals surface area contributed by atoms with E-state index in [2.05, 4.69) is 26.0 Å². The standard InChI is InChI=1S/C9H8BrN3/c1-7-4-12-13(6-7)9-3-2-8(10)5-11-9/h2-6H,1H3/i1D3,2D,3D,4D,5D,6D. The molecule has 0 aliphatic rings. The van der Waals surface area contributed by atoms with E-state index < -0.39 is 30.8 Å². The van der Waals surface area contributed by atoms with Gasteiger partial charge in [-0.2, -0.15) is 5.10 Å². The minimum Gasteiger partial charge on any atom is -0.236 e. The molecular formula is C9H8BrN3. The smallest absolute Gasteiger partial charge is 0.153 e. The fourth-order valence-corrected chi connectivity index (χ4v) is 0.913. The van der Waals surface area contributed by atoms with Gasteiger partial charge in [-0.1, -0.05) is 0 Å². The molecule has 2 aromatic heterocycles. The number of hydrogen-bond donors (Lipinski definition) is 0. The van der Waals surface area contributed by atoms with E-state index in [-0.39, 0.29) is 22.5 Å². The zero-order valence-corrected chi connectivity index (χ0v) is 7.81. The second-order valence-electron chi connectivity index (χ2n) is 2.12. The highest BCUT2D eigenvalue weighted by Gasteiger charge is 1.98. The summed E-state index contributed by atoms with van der Waals surface area (Å²) in [5, 5.41) is 3.59. The molecule has 2 heterocycles. The monoisotopic (exact) mass is 245 g/mol. The predicted octanol–water partition coefficient (Wildman–Crippen LogP) is 2.34. The first-order chi connectivity index (χ1) is 9.55. The van der Waals surface area contributed by atoms with Gasteiger partial charge in [0, 0.05) is 20.9 Å². The van der Waals surface area contributed by atoms with Gasteiger partial charge >= 0.3 is 0 Å². The first-order valence-electron chi connectivity index (χ1n) is 7.26. The summed E-state index contributed by atoms with van der Waals surface area (Å²) >= 11 is 2.95. The Morgan fingerprint density at radius 1 is 1.54 bits per heavy atom. The Morgan fingerprint density at radius 2 is 2.46 bits per heavy atom. The maximum absolute atomic E-state index is 7.81. The number of nitrogens with zero attached hydrogens (tertiary/aromatic N) is 3. The lowest BCUT2D eigenvalue weighted by molar-refractivity contribution is 0.846. The maximum Gasteiger partial charge on any atom is 0.153 e. The fraction of sp³-hybridized carbons (Fsp3) is 0.111. The number of pyridine rings is 1. The zero-order chi connectivity index (χ0) is 16.1. The van der Waals surface area contributed by atoms with Crippen LogP contribution in [-0.2, 0) is 0 Å². The molecule has 0 atom stereocenters. The highest BCUT2D eigenvalue weighted by atomic mass is 79.9. The quantitative estimate of drug-likeness (QED) is 0.773. The van der Waals surface area contributed by atoms with E-state index in [0.29, 0.717) is 4.68 Å². The van der Waals surface area contributed by atoms with Gasteiger partial charge in [0.15, 0.2) is 5.82 Å². The molecule has 0 unspecified atom stereocenters. The molecule has 4 heteroatoms. The lowest BCUT2D eigenvalue weighted by Crippen LogP contribution is -1.96. The van der Waals surface area contributed by atoms with Crippen LogP contribution < -0.4 is 0 Å². The molecule has 0 saturated heterocycles. The van der Waals surface area contributed by atoms with Gasteiger partial charge in [-0.3, -0.25) is 0 Å². The minimum atomic E-state index is -2.70. The average molecular weight is 246 g/mol. The summed E-state index contributed by atoms with van der Waals surface area (Å²) in [6.45, 7) is -2.70. The van der Waals surface area contributed by atoms with Crippen LogP contribution in [0.1, 0.15) is 16.5 Å². The van der Waals surface area contributed by atoms with Crippen molar-refractivity contribution < 1.29 is 11.0 Å². The summed E-state index contributed by atoms with van der Waals surface area (Å²) in [7, 11) is 0. The van der Waals surface area contributed by atoms with E-state index >= 15 is 0 Å². The first kappa shape index (κ1) is 3.20. The van der Waals surface area contributed by atoms with Crippen molar-refractivity contribution in [1.29, 1.82) is 0 Å². The van der Waals surface area contributed by atoms with Gasteiger partial charge < -0.3 is 0 Å². The van der Waals surface area contributed by atoms with Crippen molar-refractivity contribution in [2.75, 3.05) is 0 Å². The van der Waals surface area contributed by atoms with Crippen LogP contribution in [0.2, 0.25) is 0 Å². The molecular weight excluding hydrogens is 230 g/mol. The van der Waals surface area contributed by atoms with Crippen molar-refractivity contribution in [3.8, 4) is 5.82 Å². The number of aromatic nitrogens is 3. The third-order valence-electron chi connectivity index (χ3n) is 1.22. The summed E-state index contributed by atoms with van der Waals surface area (Å²) in [4.78, 5) is 3.73. The highest BCUT2D eigenvalue weighted by molar-refractivity contribution is 9.10. The predicted molar refractivity (Wildman–Crippen MR) is 53.8 cm³/mol. The van der Waals surface area contributed by atoms with Crippen molar-refractivity contribution in [2.24, 2.45) is 0 Å². The van der Waals surface area contributed by atoms with Crippen LogP contribution in [0.4, 0.5) is 0 Å². The van der Waals surface area contributed by atoms with Crippen LogP contribution in [0.25, 0.3) is 5.82 Å². The van der Waals surface area contributed by atoms with Gasteiger partial charge in [-0.15, -0.1) is 0 Å². The summed E-state index contributed by atoms with van der Waals surface area (Å²) in [5.41, 5.74) is -0.565. The van der Waals surface area contributed by atoms with Crippen molar-refractivity contribution in [3.05, 3.63) is 40.6 Å². The summed E-state index contributed by atoms with van der Waals surface area (Å²) < 4.78 is 61.0. The van der Waals surface area contributed by atoms with Crippen LogP contribution in [0.5, 0.6) is 0 Å². The second kappa shape index (κ2) is 3.30. The molecule has 0 aliphatic carbocycles. The summed E-state index contributed by atoms with van der Waals surface area (Å²) in [6, 6.07) is -0.757. The van der Waals surface area contributed by atoms with Gasteiger partial charge in [-0.05, 0) is 40.4 Å². The van der Waals surface area contributed by atoms with E-state index in [1.54, 1.807) is 0 Å². The van der Waals surface area contributed by atoms with Crippen LogP contribution in [0.15, 0.2) is 35.1 Å². The number of hydrogen-bond acceptors (Lipinski definition) is 2. The highest BCUT2D eigenvalue weighted by Crippen LogP contribution is 2.10. The summed E-state index contributed by atoms with van der Waals surface area (Å²) in [6.07, 6.45) is -1.58. The molecule has 0 saturated carbocycles. The van der Waals surface area contributed by atoms with Crippen molar-refractivity contribution >= 4 is 15.9 Å². The van der Waals surface area contributed by atoms with Gasteiger partial charge in [0.2, 0.25) is 0 Å². The molecule has 3 nitrogen and oxygen atoms in total. The number of halogens is 1. The topological polar surface area (TPSA) is 30.7 Å². The van der Waals surface area contributed by atoms with Crippen LogP contribution in [-0.4, -0.2) is 14.8 Å². The maximum atomic E-state index is 7.81. The van der Waals surface area contributed by atoms with Crippen molar-refractivity contribution in [1.82, 2.24) is 14.8 Å². The Hall–Kier alpha value is -1.16. The Kier molecular flexibility index (Phi) is 0.813. The normalized spacial score (nSPS) is 20.1.